The van der Waals surface area contributed by atoms with Gasteiger partial charge in [-0.05, 0) is 30.3 Å². The first kappa shape index (κ1) is 22.8. The molecule has 4 rings (SSSR count). The number of alkyl halides is 3. The molecule has 1 aliphatic rings. The third-order valence-corrected chi connectivity index (χ3v) is 6.19. The van der Waals surface area contributed by atoms with E-state index in [4.69, 9.17) is 16.3 Å². The van der Waals surface area contributed by atoms with Crippen molar-refractivity contribution in [1.82, 2.24) is 9.71 Å². The van der Waals surface area contributed by atoms with E-state index >= 15 is 0 Å². The lowest BCUT2D eigenvalue weighted by Crippen LogP contribution is -2.41. The molecule has 2 N–H and O–H groups in total. The molecule has 0 fully saturated rings. The van der Waals surface area contributed by atoms with Gasteiger partial charge in [0.05, 0.1) is 17.1 Å². The van der Waals surface area contributed by atoms with Crippen LogP contribution in [0.15, 0.2) is 64.7 Å². The number of benzene rings is 2. The maximum Gasteiger partial charge on any atom is 0.416 e. The van der Waals surface area contributed by atoms with E-state index in [-0.39, 0.29) is 26.9 Å². The van der Waals surface area contributed by atoms with Gasteiger partial charge >= 0.3 is 6.18 Å². The Labute approximate surface area is 190 Å². The molecule has 172 valence electrons. The third kappa shape index (κ3) is 4.71. The lowest BCUT2D eigenvalue weighted by Gasteiger charge is -2.24. The Morgan fingerprint density at radius 3 is 2.61 bits per heavy atom. The van der Waals surface area contributed by atoms with Crippen molar-refractivity contribution in [2.24, 2.45) is 4.99 Å². The van der Waals surface area contributed by atoms with Crippen LogP contribution < -0.4 is 14.8 Å². The molecule has 33 heavy (non-hydrogen) atoms. The monoisotopic (exact) mass is 500 g/mol. The molecule has 3 aromatic rings. The molecule has 0 amide bonds. The van der Waals surface area contributed by atoms with Gasteiger partial charge < -0.3 is 10.1 Å². The minimum Gasteiger partial charge on any atom is -0.450 e. The first-order chi connectivity index (χ1) is 15.6. The molecule has 0 aliphatic carbocycles. The second-order valence-corrected chi connectivity index (χ2v) is 8.77. The van der Waals surface area contributed by atoms with Crippen LogP contribution in [0.1, 0.15) is 11.1 Å². The molecule has 0 atom stereocenters. The number of aliphatic imine (C=N–C) groups is 1. The molecule has 0 saturated carbocycles. The van der Waals surface area contributed by atoms with Crippen molar-refractivity contribution in [3.05, 3.63) is 76.8 Å². The second kappa shape index (κ2) is 8.52. The molecule has 0 saturated heterocycles. The van der Waals surface area contributed by atoms with Gasteiger partial charge in [-0.15, -0.1) is 0 Å². The number of sulfonamides is 1. The molecular formula is C20H13ClF4N4O3S. The Balaban J connectivity index is 1.73. The largest absolute Gasteiger partial charge is 0.450 e. The Morgan fingerprint density at radius 1 is 1.12 bits per heavy atom. The average molecular weight is 501 g/mol. The minimum atomic E-state index is -4.65. The molecule has 1 aromatic heterocycles. The number of ether oxygens (including phenoxy) is 1. The van der Waals surface area contributed by atoms with Crippen LogP contribution in [-0.2, 0) is 22.7 Å². The Bertz CT molecular complexity index is 1360. The quantitative estimate of drug-likeness (QED) is 0.495. The Morgan fingerprint density at radius 2 is 1.88 bits per heavy atom. The number of aromatic nitrogens is 1. The van der Waals surface area contributed by atoms with Crippen LogP contribution in [0.25, 0.3) is 0 Å². The number of guanidine groups is 1. The standard InChI is InChI=1S/C20H13ClF4N4O3S/c21-13-3-1-2-4-15(13)32-18-14(22)5-6-16-17(18)28-19(29-33(16,30)31)27-10-11-9-26-8-7-12(11)20(23,24)25/h1-9H,10H2,(H2,27,28,29). The van der Waals surface area contributed by atoms with Gasteiger partial charge in [0, 0.05) is 18.0 Å². The van der Waals surface area contributed by atoms with Gasteiger partial charge in [0.1, 0.15) is 16.3 Å². The summed E-state index contributed by atoms with van der Waals surface area (Å²) in [6, 6.07) is 8.85. The maximum absolute atomic E-state index is 14.6. The van der Waals surface area contributed by atoms with Gasteiger partial charge in [-0.25, -0.2) is 22.5 Å². The molecule has 0 bridgehead atoms. The number of rotatable bonds is 4. The zero-order chi connectivity index (χ0) is 23.8. The van der Waals surface area contributed by atoms with E-state index in [9.17, 15) is 26.0 Å². The molecule has 0 radical (unpaired) electrons. The number of nitrogens with one attached hydrogen (secondary N) is 2. The van der Waals surface area contributed by atoms with Gasteiger partial charge in [-0.3, -0.25) is 4.98 Å². The smallest absolute Gasteiger partial charge is 0.416 e. The summed E-state index contributed by atoms with van der Waals surface area (Å²) >= 11 is 6.04. The fraction of sp³-hybridized carbons (Fsp3) is 0.100. The lowest BCUT2D eigenvalue weighted by molar-refractivity contribution is -0.138. The third-order valence-electron chi connectivity index (χ3n) is 4.50. The molecule has 2 aromatic carbocycles. The van der Waals surface area contributed by atoms with Crippen molar-refractivity contribution in [3.63, 3.8) is 0 Å². The number of nitrogens with zero attached hydrogens (tertiary/aromatic N) is 2. The summed E-state index contributed by atoms with van der Waals surface area (Å²) in [5, 5.41) is 2.73. The number of hydrogen-bond donors (Lipinski definition) is 2. The van der Waals surface area contributed by atoms with Crippen LogP contribution >= 0.6 is 11.6 Å². The van der Waals surface area contributed by atoms with E-state index in [0.29, 0.717) is 0 Å². The van der Waals surface area contributed by atoms with E-state index in [1.807, 2.05) is 0 Å². The van der Waals surface area contributed by atoms with Crippen molar-refractivity contribution in [2.75, 3.05) is 5.32 Å². The Kier molecular flexibility index (Phi) is 5.89. The Hall–Kier alpha value is -3.38. The van der Waals surface area contributed by atoms with Crippen LogP contribution in [0.2, 0.25) is 5.02 Å². The van der Waals surface area contributed by atoms with E-state index < -0.39 is 45.8 Å². The number of hydrogen-bond acceptors (Lipinski definition) is 5. The van der Waals surface area contributed by atoms with Crippen LogP contribution in [0, 0.1) is 5.82 Å². The summed E-state index contributed by atoms with van der Waals surface area (Å²) in [7, 11) is -4.24. The predicted molar refractivity (Wildman–Crippen MR) is 112 cm³/mol. The van der Waals surface area contributed by atoms with Crippen molar-refractivity contribution in [3.8, 4) is 11.5 Å². The van der Waals surface area contributed by atoms with Gasteiger partial charge in [-0.2, -0.15) is 13.2 Å². The van der Waals surface area contributed by atoms with E-state index in [1.54, 1.807) is 12.1 Å². The zero-order valence-corrected chi connectivity index (χ0v) is 17.9. The topological polar surface area (TPSA) is 92.7 Å². The van der Waals surface area contributed by atoms with E-state index in [1.165, 1.54) is 12.1 Å². The second-order valence-electron chi connectivity index (χ2n) is 6.71. The summed E-state index contributed by atoms with van der Waals surface area (Å²) in [5.41, 5.74) is -1.53. The van der Waals surface area contributed by atoms with Crippen molar-refractivity contribution in [1.29, 1.82) is 0 Å². The number of para-hydroxylation sites is 1. The van der Waals surface area contributed by atoms with Crippen LogP contribution in [0.4, 0.5) is 23.2 Å². The normalized spacial score (nSPS) is 16.0. The van der Waals surface area contributed by atoms with E-state index in [2.05, 4.69) is 20.0 Å². The summed E-state index contributed by atoms with van der Waals surface area (Å²) in [6.45, 7) is -0.557. The number of anilines is 1. The molecular weight excluding hydrogens is 488 g/mol. The summed E-state index contributed by atoms with van der Waals surface area (Å²) in [6.07, 6.45) is -2.69. The molecule has 2 heterocycles. The first-order valence-corrected chi connectivity index (χ1v) is 11.0. The molecule has 0 spiro atoms. The van der Waals surface area contributed by atoms with Crippen LogP contribution in [0.5, 0.6) is 11.5 Å². The SMILES string of the molecule is O=S1(=O)NC(=NCc2cnccc2C(F)(F)F)Nc2c1ccc(F)c2Oc1ccccc1Cl. The highest BCUT2D eigenvalue weighted by Crippen LogP contribution is 2.40. The fourth-order valence-electron chi connectivity index (χ4n) is 3.01. The lowest BCUT2D eigenvalue weighted by atomic mass is 10.1. The number of halogens is 5. The number of pyridine rings is 1. The highest BCUT2D eigenvalue weighted by molar-refractivity contribution is 7.90. The average Bonchev–Trinajstić information content (AvgIpc) is 2.74. The molecule has 13 heteroatoms. The van der Waals surface area contributed by atoms with Gasteiger partial charge in [0.25, 0.3) is 10.0 Å². The summed E-state index contributed by atoms with van der Waals surface area (Å²) in [4.78, 5) is 7.20. The fourth-order valence-corrected chi connectivity index (χ4v) is 4.32. The van der Waals surface area contributed by atoms with Gasteiger partial charge in [0.15, 0.2) is 11.6 Å². The molecule has 1 aliphatic heterocycles. The van der Waals surface area contributed by atoms with Crippen LogP contribution in [0.3, 0.4) is 0 Å². The summed E-state index contributed by atoms with van der Waals surface area (Å²) in [5.74, 6) is -1.73. The first-order valence-electron chi connectivity index (χ1n) is 9.15. The van der Waals surface area contributed by atoms with Crippen LogP contribution in [-0.4, -0.2) is 19.4 Å². The highest BCUT2D eigenvalue weighted by atomic mass is 35.5. The zero-order valence-electron chi connectivity index (χ0n) is 16.3. The van der Waals surface area contributed by atoms with Crippen molar-refractivity contribution < 1.29 is 30.7 Å². The van der Waals surface area contributed by atoms with Gasteiger partial charge in [0.2, 0.25) is 5.96 Å². The number of fused-ring (bicyclic) bond motifs is 1. The molecule has 0 unspecified atom stereocenters. The minimum absolute atomic E-state index is 0.0628. The highest BCUT2D eigenvalue weighted by Gasteiger charge is 2.34. The predicted octanol–water partition coefficient (Wildman–Crippen LogP) is 4.95. The van der Waals surface area contributed by atoms with Crippen molar-refractivity contribution in [2.45, 2.75) is 17.6 Å². The molecule has 7 nitrogen and oxygen atoms in total. The summed E-state index contributed by atoms with van der Waals surface area (Å²) < 4.78 is 87.2. The van der Waals surface area contributed by atoms with Gasteiger partial charge in [-0.1, -0.05) is 23.7 Å². The van der Waals surface area contributed by atoms with E-state index in [0.717, 1.165) is 30.6 Å². The maximum atomic E-state index is 14.6. The van der Waals surface area contributed by atoms with Crippen molar-refractivity contribution >= 4 is 33.3 Å².